The van der Waals surface area contributed by atoms with Crippen molar-refractivity contribution in [3.63, 3.8) is 0 Å². The zero-order valence-electron chi connectivity index (χ0n) is 15.3. The van der Waals surface area contributed by atoms with Crippen LogP contribution < -0.4 is 0 Å². The van der Waals surface area contributed by atoms with E-state index < -0.39 is 12.1 Å². The molecule has 2 heterocycles. The van der Waals surface area contributed by atoms with Crippen LogP contribution in [0.5, 0.6) is 0 Å². The largest absolute Gasteiger partial charge is 0.677 e. The zero-order valence-corrected chi connectivity index (χ0v) is 16.2. The second-order valence-corrected chi connectivity index (χ2v) is 6.60. The molecule has 7 heteroatoms. The first-order valence-electron chi connectivity index (χ1n) is 8.89. The SMILES string of the molecule is CC1=CC=CC(C(=O)[N-]c2ccccc2[N-]C(=O)C2CCCC(C)[N-]2)[N-]1.[Cu]. The van der Waals surface area contributed by atoms with E-state index in [9.17, 15) is 9.59 Å². The molecule has 1 aromatic carbocycles. The second-order valence-electron chi connectivity index (χ2n) is 6.60. The van der Waals surface area contributed by atoms with Crippen molar-refractivity contribution in [2.24, 2.45) is 0 Å². The van der Waals surface area contributed by atoms with Crippen LogP contribution in [0.2, 0.25) is 0 Å². The van der Waals surface area contributed by atoms with Crippen LogP contribution >= 0.6 is 0 Å². The van der Waals surface area contributed by atoms with Gasteiger partial charge in [0.05, 0.1) is 0 Å². The Morgan fingerprint density at radius 1 is 1.07 bits per heavy atom. The van der Waals surface area contributed by atoms with Crippen molar-refractivity contribution in [2.45, 2.75) is 51.2 Å². The first-order chi connectivity index (χ1) is 12.5. The van der Waals surface area contributed by atoms with E-state index in [2.05, 4.69) is 21.3 Å². The number of rotatable bonds is 4. The molecule has 3 rings (SSSR count). The molecule has 149 valence electrons. The van der Waals surface area contributed by atoms with Crippen LogP contribution in [-0.2, 0) is 26.7 Å². The van der Waals surface area contributed by atoms with Gasteiger partial charge in [-0.1, -0.05) is 87.7 Å². The predicted molar refractivity (Wildman–Crippen MR) is 103 cm³/mol. The van der Waals surface area contributed by atoms with E-state index >= 15 is 0 Å². The summed E-state index contributed by atoms with van der Waals surface area (Å²) in [5.74, 6) is -0.646. The van der Waals surface area contributed by atoms with Crippen molar-refractivity contribution in [2.75, 3.05) is 0 Å². The van der Waals surface area contributed by atoms with Gasteiger partial charge in [-0.15, -0.1) is 17.4 Å². The van der Waals surface area contributed by atoms with E-state index in [0.717, 1.165) is 25.0 Å². The van der Waals surface area contributed by atoms with Crippen LogP contribution in [0, 0.1) is 0 Å². The van der Waals surface area contributed by atoms with Gasteiger partial charge >= 0.3 is 0 Å². The standard InChI is InChI=1S/C20H24N4O2.Cu/c1-13-7-5-11-17(21-13)19(25)23-15-9-3-4-10-16(15)24-20(26)18-12-6-8-14(2)22-18;/h3-5,7,9-11,14,17-18H,6,8,12H2,1-2H3,(H2,23,24,25,26);/q-2;/p-2. The molecule has 1 aromatic rings. The molecule has 0 spiro atoms. The summed E-state index contributed by atoms with van der Waals surface area (Å²) in [5, 5.41) is 17.1. The minimum atomic E-state index is -0.627. The van der Waals surface area contributed by atoms with Gasteiger partial charge < -0.3 is 30.9 Å². The smallest absolute Gasteiger partial charge is 0.0435 e. The van der Waals surface area contributed by atoms with E-state index in [-0.39, 0.29) is 34.9 Å². The number of benzene rings is 1. The Kier molecular flexibility index (Phi) is 7.65. The zero-order chi connectivity index (χ0) is 18.5. The van der Waals surface area contributed by atoms with Crippen molar-refractivity contribution in [3.8, 4) is 0 Å². The Morgan fingerprint density at radius 3 is 2.37 bits per heavy atom. The summed E-state index contributed by atoms with van der Waals surface area (Å²) in [5.41, 5.74) is 1.55. The van der Waals surface area contributed by atoms with Crippen LogP contribution in [0.25, 0.3) is 21.3 Å². The number of nitrogens with zero attached hydrogens (tertiary/aromatic N) is 4. The van der Waals surface area contributed by atoms with Gasteiger partial charge in [0.15, 0.2) is 0 Å². The van der Waals surface area contributed by atoms with Gasteiger partial charge in [-0.05, 0) is 0 Å². The quantitative estimate of drug-likeness (QED) is 0.628. The number of amides is 2. The van der Waals surface area contributed by atoms with Crippen LogP contribution in [0.4, 0.5) is 11.4 Å². The molecule has 0 aliphatic carbocycles. The maximum atomic E-state index is 12.5. The topological polar surface area (TPSA) is 90.5 Å². The third-order valence-electron chi connectivity index (χ3n) is 4.39. The number of carbonyl (C=O) groups is 2. The first-order valence-corrected chi connectivity index (χ1v) is 8.89. The van der Waals surface area contributed by atoms with E-state index in [4.69, 9.17) is 0 Å². The minimum absolute atomic E-state index is 0. The van der Waals surface area contributed by atoms with E-state index in [1.54, 1.807) is 36.4 Å². The fourth-order valence-corrected chi connectivity index (χ4v) is 3.02. The van der Waals surface area contributed by atoms with Crippen molar-refractivity contribution in [1.29, 1.82) is 0 Å². The summed E-state index contributed by atoms with van der Waals surface area (Å²) >= 11 is 0. The number of piperidine rings is 1. The number of allylic oxidation sites excluding steroid dienone is 3. The van der Waals surface area contributed by atoms with Crippen LogP contribution in [-0.4, -0.2) is 29.9 Å². The average Bonchev–Trinajstić information content (AvgIpc) is 2.63. The van der Waals surface area contributed by atoms with Gasteiger partial charge in [0, 0.05) is 28.9 Å². The number of para-hydroxylation sites is 2. The Balaban J connectivity index is 0.00000261. The molecule has 3 unspecified atom stereocenters. The Labute approximate surface area is 170 Å². The molecule has 2 aliphatic rings. The number of hydrogen-bond acceptors (Lipinski definition) is 2. The molecule has 0 bridgehead atoms. The molecule has 3 atom stereocenters. The van der Waals surface area contributed by atoms with Crippen molar-refractivity contribution < 1.29 is 26.7 Å². The van der Waals surface area contributed by atoms with Gasteiger partial charge in [-0.2, -0.15) is 5.70 Å². The molecule has 6 nitrogen and oxygen atoms in total. The molecule has 1 saturated heterocycles. The van der Waals surface area contributed by atoms with Gasteiger partial charge in [0.2, 0.25) is 0 Å². The fraction of sp³-hybridized carbons (Fsp3) is 0.400. The monoisotopic (exact) mass is 413 g/mol. The van der Waals surface area contributed by atoms with Gasteiger partial charge in [-0.3, -0.25) is 0 Å². The molecule has 0 saturated carbocycles. The molecule has 1 fully saturated rings. The molecule has 27 heavy (non-hydrogen) atoms. The van der Waals surface area contributed by atoms with Crippen molar-refractivity contribution in [3.05, 3.63) is 69.5 Å². The molecular weight excluding hydrogens is 392 g/mol. The minimum Gasteiger partial charge on any atom is -0.677 e. The van der Waals surface area contributed by atoms with E-state index in [1.165, 1.54) is 0 Å². The molecule has 1 radical (unpaired) electrons. The number of carbonyl (C=O) groups excluding carboxylic acids is 2. The molecule has 2 aliphatic heterocycles. The first kappa shape index (κ1) is 21.2. The maximum Gasteiger partial charge on any atom is 0.0435 e. The molecular formula is C20H22CuN4O2-4. The summed E-state index contributed by atoms with van der Waals surface area (Å²) in [6, 6.07) is 6.07. The van der Waals surface area contributed by atoms with Crippen LogP contribution in [0.1, 0.15) is 33.1 Å². The summed E-state index contributed by atoms with van der Waals surface area (Å²) in [7, 11) is 0. The molecule has 0 aromatic heterocycles. The fourth-order valence-electron chi connectivity index (χ4n) is 3.02. The maximum absolute atomic E-state index is 12.5. The van der Waals surface area contributed by atoms with Crippen LogP contribution in [0.3, 0.4) is 0 Å². The van der Waals surface area contributed by atoms with E-state index in [0.29, 0.717) is 11.4 Å². The van der Waals surface area contributed by atoms with Crippen molar-refractivity contribution >= 4 is 23.2 Å². The molecule has 2 amide bonds. The molecule has 0 N–H and O–H groups in total. The predicted octanol–water partition coefficient (Wildman–Crippen LogP) is 5.28. The Morgan fingerprint density at radius 2 is 1.74 bits per heavy atom. The van der Waals surface area contributed by atoms with Gasteiger partial charge in [0.25, 0.3) is 0 Å². The Hall–Kier alpha value is -2.08. The summed E-state index contributed by atoms with van der Waals surface area (Å²) in [4.78, 5) is 24.9. The van der Waals surface area contributed by atoms with Gasteiger partial charge in [-0.25, -0.2) is 0 Å². The third-order valence-corrected chi connectivity index (χ3v) is 4.39. The Bertz CT molecular complexity index is 747. The average molecular weight is 414 g/mol. The normalized spacial score (nSPS) is 24.1. The summed E-state index contributed by atoms with van der Waals surface area (Å²) in [6.07, 6.45) is 8.04. The van der Waals surface area contributed by atoms with Gasteiger partial charge in [0.1, 0.15) is 0 Å². The van der Waals surface area contributed by atoms with E-state index in [1.807, 2.05) is 19.9 Å². The number of hydrogen-bond donors (Lipinski definition) is 0. The summed E-state index contributed by atoms with van der Waals surface area (Å²) in [6.45, 7) is 3.85. The second kappa shape index (κ2) is 9.74. The third kappa shape index (κ3) is 5.70. The van der Waals surface area contributed by atoms with Crippen molar-refractivity contribution in [1.82, 2.24) is 0 Å². The van der Waals surface area contributed by atoms with Crippen LogP contribution in [0.15, 0.2) is 48.2 Å². The summed E-state index contributed by atoms with van der Waals surface area (Å²) < 4.78 is 0.